The second-order valence-corrected chi connectivity index (χ2v) is 8.94. The first kappa shape index (κ1) is 20.1. The molecule has 0 unspecified atom stereocenters. The fourth-order valence-electron chi connectivity index (χ4n) is 2.30. The maximum absolute atomic E-state index is 12.4. The number of rotatable bonds is 6. The quantitative estimate of drug-likeness (QED) is 0.614. The normalized spacial score (nSPS) is 11.6. The van der Waals surface area contributed by atoms with E-state index in [1.54, 1.807) is 11.8 Å². The number of nitrogens with zero attached hydrogens (tertiary/aromatic N) is 3. The minimum absolute atomic E-state index is 0.0421. The number of hydrogen-bond donors (Lipinski definition) is 1. The predicted octanol–water partition coefficient (Wildman–Crippen LogP) is 2.96. The summed E-state index contributed by atoms with van der Waals surface area (Å²) in [5, 5.41) is 10.3. The highest BCUT2D eigenvalue weighted by Crippen LogP contribution is 2.24. The van der Waals surface area contributed by atoms with E-state index in [9.17, 15) is 13.2 Å². The summed E-state index contributed by atoms with van der Waals surface area (Å²) in [6, 6.07) is 13.1. The van der Waals surface area contributed by atoms with Gasteiger partial charge in [0.1, 0.15) is 0 Å². The summed E-state index contributed by atoms with van der Waals surface area (Å²) < 4.78 is 30.8. The molecule has 1 amide bonds. The van der Waals surface area contributed by atoms with Crippen molar-refractivity contribution in [3.63, 3.8) is 0 Å². The Morgan fingerprint density at radius 2 is 1.82 bits per heavy atom. The molecule has 0 spiro atoms. The van der Waals surface area contributed by atoms with Crippen LogP contribution in [0, 0.1) is 0 Å². The molecule has 10 heteroatoms. The van der Waals surface area contributed by atoms with E-state index in [0.29, 0.717) is 5.89 Å². The summed E-state index contributed by atoms with van der Waals surface area (Å²) in [5.41, 5.74) is 1.01. The molecule has 1 N–H and O–H groups in total. The maximum atomic E-state index is 12.4. The molecule has 2 aromatic carbocycles. The van der Waals surface area contributed by atoms with E-state index in [1.165, 1.54) is 38.4 Å². The Balaban J connectivity index is 1.74. The van der Waals surface area contributed by atoms with Crippen LogP contribution in [-0.2, 0) is 10.0 Å². The van der Waals surface area contributed by atoms with Crippen LogP contribution >= 0.6 is 11.8 Å². The van der Waals surface area contributed by atoms with E-state index in [-0.39, 0.29) is 16.5 Å². The van der Waals surface area contributed by atoms with Crippen LogP contribution in [0.3, 0.4) is 0 Å². The zero-order valence-corrected chi connectivity index (χ0v) is 17.0. The van der Waals surface area contributed by atoms with E-state index in [2.05, 4.69) is 15.5 Å². The molecule has 0 bridgehead atoms. The van der Waals surface area contributed by atoms with Gasteiger partial charge < -0.3 is 4.42 Å². The number of nitrogens with one attached hydrogen (secondary N) is 1. The topological polar surface area (TPSA) is 105 Å². The maximum Gasteiger partial charge on any atom is 0.322 e. The lowest BCUT2D eigenvalue weighted by atomic mass is 10.2. The van der Waals surface area contributed by atoms with Crippen molar-refractivity contribution in [3.05, 3.63) is 54.1 Å². The number of amides is 1. The molecular weight excluding hydrogens is 400 g/mol. The molecule has 0 atom stereocenters. The lowest BCUT2D eigenvalue weighted by Crippen LogP contribution is -2.22. The number of carbonyl (C=O) groups excluding carboxylic acids is 1. The number of hydrogen-bond acceptors (Lipinski definition) is 7. The second kappa shape index (κ2) is 8.13. The van der Waals surface area contributed by atoms with Crippen LogP contribution in [0.5, 0.6) is 0 Å². The molecule has 1 heterocycles. The Morgan fingerprint density at radius 1 is 1.11 bits per heavy atom. The highest BCUT2D eigenvalue weighted by atomic mass is 32.2. The first-order chi connectivity index (χ1) is 13.3. The molecule has 0 aliphatic rings. The standard InChI is InChI=1S/C18H18N4O4S2/c1-22(2)28(24,25)15-9-7-12(8-10-15)16(23)19-18-21-20-17(26-18)13-5-4-6-14(11-13)27-3/h4-11H,1-3H3,(H,19,21,23). The zero-order valence-electron chi connectivity index (χ0n) is 15.4. The van der Waals surface area contributed by atoms with Crippen LogP contribution in [0.1, 0.15) is 10.4 Å². The minimum Gasteiger partial charge on any atom is -0.403 e. The van der Waals surface area contributed by atoms with Gasteiger partial charge in [0, 0.05) is 30.1 Å². The van der Waals surface area contributed by atoms with Crippen LogP contribution < -0.4 is 5.32 Å². The van der Waals surface area contributed by atoms with E-state index in [1.807, 2.05) is 30.5 Å². The molecule has 8 nitrogen and oxygen atoms in total. The molecule has 0 aliphatic carbocycles. The molecular formula is C18H18N4O4S2. The van der Waals surface area contributed by atoms with Crippen molar-refractivity contribution in [2.24, 2.45) is 0 Å². The van der Waals surface area contributed by atoms with Gasteiger partial charge in [-0.05, 0) is 48.7 Å². The minimum atomic E-state index is -3.55. The number of carbonyl (C=O) groups is 1. The Labute approximate surface area is 167 Å². The van der Waals surface area contributed by atoms with Gasteiger partial charge in [0.05, 0.1) is 4.90 Å². The molecule has 0 radical (unpaired) electrons. The summed E-state index contributed by atoms with van der Waals surface area (Å²) in [6.45, 7) is 0. The second-order valence-electron chi connectivity index (χ2n) is 5.91. The first-order valence-electron chi connectivity index (χ1n) is 8.13. The van der Waals surface area contributed by atoms with Gasteiger partial charge >= 0.3 is 6.01 Å². The first-order valence-corrected chi connectivity index (χ1v) is 10.8. The van der Waals surface area contributed by atoms with Crippen LogP contribution in [0.15, 0.2) is 62.7 Å². The summed E-state index contributed by atoms with van der Waals surface area (Å²) in [4.78, 5) is 13.5. The van der Waals surface area contributed by atoms with Crippen LogP contribution in [0.25, 0.3) is 11.5 Å². The smallest absolute Gasteiger partial charge is 0.322 e. The third-order valence-corrected chi connectivity index (χ3v) is 6.41. The van der Waals surface area contributed by atoms with Crippen molar-refractivity contribution in [3.8, 4) is 11.5 Å². The third-order valence-electron chi connectivity index (χ3n) is 3.86. The molecule has 0 aliphatic heterocycles. The SMILES string of the molecule is CSc1cccc(-c2nnc(NC(=O)c3ccc(S(=O)(=O)N(C)C)cc3)o2)c1. The highest BCUT2D eigenvalue weighted by Gasteiger charge is 2.18. The summed E-state index contributed by atoms with van der Waals surface area (Å²) in [6.07, 6.45) is 1.97. The summed E-state index contributed by atoms with van der Waals surface area (Å²) in [5.74, 6) is -0.194. The fourth-order valence-corrected chi connectivity index (χ4v) is 3.67. The van der Waals surface area contributed by atoms with Crippen LogP contribution in [0.4, 0.5) is 6.01 Å². The monoisotopic (exact) mass is 418 g/mol. The largest absolute Gasteiger partial charge is 0.403 e. The van der Waals surface area contributed by atoms with Crippen LogP contribution in [-0.4, -0.2) is 49.2 Å². The molecule has 0 fully saturated rings. The van der Waals surface area contributed by atoms with Crippen molar-refractivity contribution in [1.29, 1.82) is 0 Å². The van der Waals surface area contributed by atoms with Crippen molar-refractivity contribution in [2.75, 3.05) is 25.7 Å². The summed E-state index contributed by atoms with van der Waals surface area (Å²) in [7, 11) is -0.667. The third kappa shape index (κ3) is 4.24. The Kier molecular flexibility index (Phi) is 5.82. The van der Waals surface area contributed by atoms with Crippen molar-refractivity contribution >= 4 is 33.7 Å². The lowest BCUT2D eigenvalue weighted by molar-refractivity contribution is 0.102. The van der Waals surface area contributed by atoms with Gasteiger partial charge in [-0.15, -0.1) is 16.9 Å². The molecule has 1 aromatic heterocycles. The summed E-state index contributed by atoms with van der Waals surface area (Å²) >= 11 is 1.59. The Morgan fingerprint density at radius 3 is 2.46 bits per heavy atom. The Hall–Kier alpha value is -2.69. The number of benzene rings is 2. The predicted molar refractivity (Wildman–Crippen MR) is 107 cm³/mol. The van der Waals surface area contributed by atoms with Crippen LogP contribution in [0.2, 0.25) is 0 Å². The number of anilines is 1. The average molecular weight is 419 g/mol. The highest BCUT2D eigenvalue weighted by molar-refractivity contribution is 7.98. The number of sulfonamides is 1. The molecule has 3 rings (SSSR count). The van der Waals surface area contributed by atoms with E-state index in [0.717, 1.165) is 14.8 Å². The van der Waals surface area contributed by atoms with Gasteiger partial charge in [0.25, 0.3) is 5.91 Å². The van der Waals surface area contributed by atoms with Gasteiger partial charge in [-0.2, -0.15) is 0 Å². The van der Waals surface area contributed by atoms with E-state index < -0.39 is 15.9 Å². The van der Waals surface area contributed by atoms with Gasteiger partial charge in [-0.25, -0.2) is 12.7 Å². The number of aromatic nitrogens is 2. The lowest BCUT2D eigenvalue weighted by Gasteiger charge is -2.11. The number of thioether (sulfide) groups is 1. The molecule has 28 heavy (non-hydrogen) atoms. The zero-order chi connectivity index (χ0) is 20.3. The average Bonchev–Trinajstić information content (AvgIpc) is 3.16. The van der Waals surface area contributed by atoms with E-state index in [4.69, 9.17) is 4.42 Å². The molecule has 146 valence electrons. The molecule has 3 aromatic rings. The van der Waals surface area contributed by atoms with Gasteiger partial charge in [0.2, 0.25) is 15.9 Å². The van der Waals surface area contributed by atoms with Gasteiger partial charge in [-0.3, -0.25) is 10.1 Å². The van der Waals surface area contributed by atoms with Crippen molar-refractivity contribution in [2.45, 2.75) is 9.79 Å². The Bertz CT molecular complexity index is 1090. The molecule has 0 saturated heterocycles. The van der Waals surface area contributed by atoms with Gasteiger partial charge in [0.15, 0.2) is 0 Å². The fraction of sp³-hybridized carbons (Fsp3) is 0.167. The van der Waals surface area contributed by atoms with Crippen molar-refractivity contribution in [1.82, 2.24) is 14.5 Å². The van der Waals surface area contributed by atoms with Gasteiger partial charge in [-0.1, -0.05) is 11.2 Å². The molecule has 0 saturated carbocycles. The van der Waals surface area contributed by atoms with Crippen molar-refractivity contribution < 1.29 is 17.6 Å². The van der Waals surface area contributed by atoms with E-state index >= 15 is 0 Å².